The van der Waals surface area contributed by atoms with Crippen molar-refractivity contribution in [2.45, 2.75) is 57.9 Å². The predicted molar refractivity (Wildman–Crippen MR) is 125 cm³/mol. The molecule has 0 amide bonds. The third kappa shape index (κ3) is 5.92. The third-order valence-corrected chi connectivity index (χ3v) is 7.27. The van der Waals surface area contributed by atoms with Gasteiger partial charge in [0.25, 0.3) is 0 Å². The number of thiophene rings is 2. The van der Waals surface area contributed by atoms with Crippen molar-refractivity contribution in [2.24, 2.45) is 0 Å². The van der Waals surface area contributed by atoms with Gasteiger partial charge in [-0.05, 0) is 56.2 Å². The molecular weight excluding hydrogens is 428 g/mol. The molecule has 2 atom stereocenters. The lowest BCUT2D eigenvalue weighted by molar-refractivity contribution is 0.143. The maximum Gasteiger partial charge on any atom is 0.176 e. The summed E-state index contributed by atoms with van der Waals surface area (Å²) in [4.78, 5) is 12.8. The molecule has 0 aliphatic carbocycles. The molecule has 4 aromatic rings. The van der Waals surface area contributed by atoms with Gasteiger partial charge in [-0.3, -0.25) is 0 Å². The summed E-state index contributed by atoms with van der Waals surface area (Å²) < 4.78 is 3.89. The Labute approximate surface area is 190 Å². The van der Waals surface area contributed by atoms with Crippen LogP contribution in [0, 0.1) is 6.92 Å². The van der Waals surface area contributed by atoms with Gasteiger partial charge in [-0.1, -0.05) is 6.07 Å². The van der Waals surface area contributed by atoms with Crippen LogP contribution < -0.4 is 0 Å². The number of imidazole rings is 2. The molecule has 0 bridgehead atoms. The molecule has 0 radical (unpaired) electrons. The molecule has 2 N–H and O–H groups in total. The average molecular weight is 457 g/mol. The van der Waals surface area contributed by atoms with Gasteiger partial charge in [-0.2, -0.15) is 0 Å². The van der Waals surface area contributed by atoms with Gasteiger partial charge in [0.2, 0.25) is 0 Å². The first-order chi connectivity index (χ1) is 15.1. The second-order valence-corrected chi connectivity index (χ2v) is 10.2. The predicted octanol–water partition coefficient (Wildman–Crippen LogP) is 4.17. The van der Waals surface area contributed by atoms with E-state index in [2.05, 4.69) is 40.5 Å². The second kappa shape index (κ2) is 10.4. The summed E-state index contributed by atoms with van der Waals surface area (Å²) in [5, 5.41) is 23.2. The van der Waals surface area contributed by atoms with E-state index in [-0.39, 0.29) is 0 Å². The van der Waals surface area contributed by atoms with Crippen LogP contribution in [0.5, 0.6) is 0 Å². The van der Waals surface area contributed by atoms with Crippen LogP contribution in [0.25, 0.3) is 11.6 Å². The molecule has 0 saturated heterocycles. The Balaban J connectivity index is 1.36. The van der Waals surface area contributed by atoms with E-state index >= 15 is 0 Å². The first-order valence-corrected chi connectivity index (χ1v) is 12.2. The Kier molecular flexibility index (Phi) is 7.34. The molecule has 0 aromatic carbocycles. The minimum Gasteiger partial charge on any atom is -0.391 e. The third-order valence-electron chi connectivity index (χ3n) is 5.27. The zero-order chi connectivity index (χ0) is 21.6. The van der Waals surface area contributed by atoms with E-state index in [9.17, 15) is 10.2 Å². The smallest absolute Gasteiger partial charge is 0.176 e. The van der Waals surface area contributed by atoms with Gasteiger partial charge in [0.05, 0.1) is 25.3 Å². The van der Waals surface area contributed by atoms with E-state index < -0.39 is 12.2 Å². The number of aryl methyl sites for hydroxylation is 3. The van der Waals surface area contributed by atoms with Gasteiger partial charge >= 0.3 is 0 Å². The SMILES string of the molecule is Cc1ccc(CCC(O)Cn2ccnc2-c2nccn2CC(O)CCc2cccs2)s1. The normalized spacial score (nSPS) is 13.5. The highest BCUT2D eigenvalue weighted by Gasteiger charge is 2.17. The van der Waals surface area contributed by atoms with Crippen LogP contribution in [0.3, 0.4) is 0 Å². The van der Waals surface area contributed by atoms with Crippen molar-refractivity contribution in [3.05, 3.63) is 69.1 Å². The molecule has 31 heavy (non-hydrogen) atoms. The molecular formula is C23H28N4O2S2. The van der Waals surface area contributed by atoms with Crippen molar-refractivity contribution in [3.63, 3.8) is 0 Å². The van der Waals surface area contributed by atoms with Gasteiger partial charge in [0.15, 0.2) is 11.6 Å². The van der Waals surface area contributed by atoms with Gasteiger partial charge in [0, 0.05) is 39.4 Å². The van der Waals surface area contributed by atoms with E-state index in [0.717, 1.165) is 12.8 Å². The fourth-order valence-electron chi connectivity index (χ4n) is 3.65. The van der Waals surface area contributed by atoms with E-state index in [1.54, 1.807) is 35.1 Å². The van der Waals surface area contributed by atoms with E-state index in [0.29, 0.717) is 37.6 Å². The summed E-state index contributed by atoms with van der Waals surface area (Å²) in [6, 6.07) is 8.39. The van der Waals surface area contributed by atoms with Crippen molar-refractivity contribution in [1.82, 2.24) is 19.1 Å². The van der Waals surface area contributed by atoms with Crippen LogP contribution >= 0.6 is 22.7 Å². The highest BCUT2D eigenvalue weighted by atomic mass is 32.1. The van der Waals surface area contributed by atoms with Crippen LogP contribution in [0.1, 0.15) is 27.5 Å². The summed E-state index contributed by atoms with van der Waals surface area (Å²) in [6.45, 7) is 3.03. The van der Waals surface area contributed by atoms with Crippen LogP contribution in [-0.2, 0) is 25.9 Å². The Bertz CT molecular complexity index is 1070. The van der Waals surface area contributed by atoms with Crippen LogP contribution in [0.4, 0.5) is 0 Å². The topological polar surface area (TPSA) is 76.1 Å². The number of nitrogens with zero attached hydrogens (tertiary/aromatic N) is 4. The molecule has 2 unspecified atom stereocenters. The van der Waals surface area contributed by atoms with Gasteiger partial charge in [-0.25, -0.2) is 9.97 Å². The maximum absolute atomic E-state index is 10.6. The Morgan fingerprint density at radius 2 is 1.48 bits per heavy atom. The first-order valence-electron chi connectivity index (χ1n) is 10.5. The molecule has 4 rings (SSSR count). The molecule has 0 spiro atoms. The molecule has 0 aliphatic rings. The van der Waals surface area contributed by atoms with Gasteiger partial charge < -0.3 is 19.3 Å². The number of hydrogen-bond donors (Lipinski definition) is 2. The van der Waals surface area contributed by atoms with Crippen molar-refractivity contribution < 1.29 is 10.2 Å². The molecule has 8 heteroatoms. The fourth-order valence-corrected chi connectivity index (χ4v) is 5.28. The summed E-state index contributed by atoms with van der Waals surface area (Å²) in [5.41, 5.74) is 0. The maximum atomic E-state index is 10.6. The summed E-state index contributed by atoms with van der Waals surface area (Å²) >= 11 is 3.50. The zero-order valence-electron chi connectivity index (χ0n) is 17.6. The fraction of sp³-hybridized carbons (Fsp3) is 0.391. The van der Waals surface area contributed by atoms with Gasteiger partial charge in [-0.15, -0.1) is 22.7 Å². The van der Waals surface area contributed by atoms with Crippen LogP contribution in [0.15, 0.2) is 54.4 Å². The standard InChI is InChI=1S/C23H28N4O2S2/c1-17-4-7-21(31-17)9-6-19(29)16-27-13-11-25-23(27)22-24-10-12-26(22)15-18(28)5-8-20-3-2-14-30-20/h2-4,7,10-14,18-19,28-29H,5-6,8-9,15-16H2,1H3. The Morgan fingerprint density at radius 1 is 0.871 bits per heavy atom. The highest BCUT2D eigenvalue weighted by Crippen LogP contribution is 2.20. The Hall–Kier alpha value is -2.26. The van der Waals surface area contributed by atoms with Crippen molar-refractivity contribution >= 4 is 22.7 Å². The summed E-state index contributed by atoms with van der Waals surface area (Å²) in [6.07, 6.45) is 9.43. The number of rotatable bonds is 11. The minimum atomic E-state index is -0.463. The Morgan fingerprint density at radius 3 is 2.00 bits per heavy atom. The number of aliphatic hydroxyl groups excluding tert-OH is 2. The average Bonchev–Trinajstić information content (AvgIpc) is 3.53. The lowest BCUT2D eigenvalue weighted by atomic mass is 10.1. The molecule has 6 nitrogen and oxygen atoms in total. The minimum absolute atomic E-state index is 0.460. The van der Waals surface area contributed by atoms with E-state index in [1.807, 2.05) is 27.6 Å². The summed E-state index contributed by atoms with van der Waals surface area (Å²) in [5.74, 6) is 1.42. The monoisotopic (exact) mass is 456 g/mol. The number of aliphatic hydroxyl groups is 2. The van der Waals surface area contributed by atoms with Crippen molar-refractivity contribution in [3.8, 4) is 11.6 Å². The second-order valence-electron chi connectivity index (χ2n) is 7.78. The molecule has 0 aliphatic heterocycles. The van der Waals surface area contributed by atoms with E-state index in [1.165, 1.54) is 14.6 Å². The molecule has 4 heterocycles. The zero-order valence-corrected chi connectivity index (χ0v) is 19.2. The lowest BCUT2D eigenvalue weighted by Gasteiger charge is -2.16. The lowest BCUT2D eigenvalue weighted by Crippen LogP contribution is -2.20. The number of aromatic nitrogens is 4. The molecule has 0 fully saturated rings. The molecule has 164 valence electrons. The van der Waals surface area contributed by atoms with Crippen LogP contribution in [0.2, 0.25) is 0 Å². The quantitative estimate of drug-likeness (QED) is 0.355. The number of hydrogen-bond acceptors (Lipinski definition) is 6. The largest absolute Gasteiger partial charge is 0.391 e. The highest BCUT2D eigenvalue weighted by molar-refractivity contribution is 7.11. The molecule has 0 saturated carbocycles. The molecule has 4 aromatic heterocycles. The van der Waals surface area contributed by atoms with Crippen LogP contribution in [-0.4, -0.2) is 41.5 Å². The van der Waals surface area contributed by atoms with E-state index in [4.69, 9.17) is 0 Å². The summed E-state index contributed by atoms with van der Waals surface area (Å²) in [7, 11) is 0. The van der Waals surface area contributed by atoms with Gasteiger partial charge in [0.1, 0.15) is 0 Å². The van der Waals surface area contributed by atoms with Crippen molar-refractivity contribution in [1.29, 1.82) is 0 Å². The first kappa shape index (κ1) is 22.0. The van der Waals surface area contributed by atoms with Crippen molar-refractivity contribution in [2.75, 3.05) is 0 Å².